The van der Waals surface area contributed by atoms with Crippen molar-refractivity contribution in [2.75, 3.05) is 18.6 Å². The summed E-state index contributed by atoms with van der Waals surface area (Å²) in [7, 11) is 1.65. The van der Waals surface area contributed by atoms with Crippen LogP contribution in [0.4, 0.5) is 5.69 Å². The zero-order valence-corrected chi connectivity index (χ0v) is 20.2. The molecular weight excluding hydrogens is 450 g/mol. The van der Waals surface area contributed by atoms with E-state index in [2.05, 4.69) is 18.0 Å². The van der Waals surface area contributed by atoms with Gasteiger partial charge in [0.25, 0.3) is 11.5 Å². The van der Waals surface area contributed by atoms with E-state index in [1.165, 1.54) is 32.7 Å². The van der Waals surface area contributed by atoms with Crippen LogP contribution in [0.2, 0.25) is 0 Å². The Balaban J connectivity index is 1.54. The van der Waals surface area contributed by atoms with Crippen LogP contribution in [0.15, 0.2) is 47.5 Å². The third-order valence-corrected chi connectivity index (χ3v) is 7.35. The second-order valence-electron chi connectivity index (χ2n) is 8.54. The Bertz CT molecular complexity index is 1550. The number of ether oxygens (including phenoxy) is 1. The van der Waals surface area contributed by atoms with Crippen molar-refractivity contribution < 1.29 is 14.3 Å². The van der Waals surface area contributed by atoms with Crippen molar-refractivity contribution in [3.8, 4) is 16.9 Å². The maximum absolute atomic E-state index is 13.5. The summed E-state index contributed by atoms with van der Waals surface area (Å²) < 4.78 is 6.79. The lowest BCUT2D eigenvalue weighted by atomic mass is 9.99. The van der Waals surface area contributed by atoms with E-state index in [1.807, 2.05) is 26.0 Å². The molecule has 0 atom stereocenters. The number of fused-ring (bicyclic) bond motifs is 2. The minimum absolute atomic E-state index is 0.0270. The highest BCUT2D eigenvalue weighted by atomic mass is 32.1. The number of hydrogen-bond donors (Lipinski definition) is 0. The van der Waals surface area contributed by atoms with Crippen LogP contribution in [0.1, 0.15) is 26.4 Å². The van der Waals surface area contributed by atoms with Gasteiger partial charge in [-0.3, -0.25) is 19.0 Å². The Hall–Kier alpha value is -3.78. The minimum Gasteiger partial charge on any atom is -0.482 e. The normalized spacial score (nSPS) is 13.2. The first kappa shape index (κ1) is 22.0. The van der Waals surface area contributed by atoms with Gasteiger partial charge in [-0.2, -0.15) is 0 Å². The average Bonchev–Trinajstić information content (AvgIpc) is 3.16. The number of likely N-dealkylation sites (N-methyl/N-ethyl adjacent to an activating group) is 1. The predicted octanol–water partition coefficient (Wildman–Crippen LogP) is 4.29. The molecule has 0 spiro atoms. The molecule has 3 heterocycles. The first-order chi connectivity index (χ1) is 16.2. The van der Waals surface area contributed by atoms with E-state index in [0.29, 0.717) is 27.2 Å². The topological polar surface area (TPSA) is 81.5 Å². The Morgan fingerprint density at radius 1 is 1.09 bits per heavy atom. The number of nitrogens with zero attached hydrogens (tertiary/aromatic N) is 3. The molecule has 5 rings (SSSR count). The SMILES string of the molecule is Cc1ccc(-c2c(C)sc3ncn(CC(=O)c4ccc5c(c4)N(C)C(=O)CO5)c(=O)c23)cc1C. The number of rotatable bonds is 4. The molecular formula is C26H23N3O4S. The van der Waals surface area contributed by atoms with Crippen LogP contribution in [0.5, 0.6) is 5.75 Å². The number of amides is 1. The Morgan fingerprint density at radius 2 is 1.88 bits per heavy atom. The summed E-state index contributed by atoms with van der Waals surface area (Å²) in [5.41, 5.74) is 4.86. The van der Waals surface area contributed by atoms with Crippen molar-refractivity contribution in [2.24, 2.45) is 0 Å². The van der Waals surface area contributed by atoms with E-state index in [0.717, 1.165) is 21.6 Å². The van der Waals surface area contributed by atoms with Crippen molar-refractivity contribution >= 4 is 38.9 Å². The fraction of sp³-hybridized carbons (Fsp3) is 0.231. The lowest BCUT2D eigenvalue weighted by Crippen LogP contribution is -2.35. The largest absolute Gasteiger partial charge is 0.482 e. The van der Waals surface area contributed by atoms with Gasteiger partial charge in [-0.05, 0) is 55.7 Å². The summed E-state index contributed by atoms with van der Waals surface area (Å²) in [6, 6.07) is 11.1. The number of anilines is 1. The summed E-state index contributed by atoms with van der Waals surface area (Å²) in [5.74, 6) is 0.109. The van der Waals surface area contributed by atoms with Gasteiger partial charge in [0.15, 0.2) is 12.4 Å². The number of hydrogen-bond acceptors (Lipinski definition) is 6. The predicted molar refractivity (Wildman–Crippen MR) is 133 cm³/mol. The molecule has 0 unspecified atom stereocenters. The van der Waals surface area contributed by atoms with Gasteiger partial charge < -0.3 is 9.64 Å². The maximum atomic E-state index is 13.5. The van der Waals surface area contributed by atoms with Gasteiger partial charge in [-0.25, -0.2) is 4.98 Å². The highest BCUT2D eigenvalue weighted by Crippen LogP contribution is 2.36. The second kappa shape index (κ2) is 8.22. The molecule has 7 nitrogen and oxygen atoms in total. The Labute approximate surface area is 200 Å². The second-order valence-corrected chi connectivity index (χ2v) is 9.74. The Morgan fingerprint density at radius 3 is 2.65 bits per heavy atom. The van der Waals surface area contributed by atoms with Gasteiger partial charge in [0.1, 0.15) is 10.6 Å². The maximum Gasteiger partial charge on any atom is 0.264 e. The third kappa shape index (κ3) is 3.60. The number of aromatic nitrogens is 2. The molecule has 1 amide bonds. The number of ketones is 1. The number of thiophene rings is 1. The lowest BCUT2D eigenvalue weighted by molar-refractivity contribution is -0.120. The first-order valence-electron chi connectivity index (χ1n) is 10.9. The molecule has 1 aliphatic rings. The third-order valence-electron chi connectivity index (χ3n) is 6.33. The van der Waals surface area contributed by atoms with E-state index in [-0.39, 0.29) is 30.4 Å². The van der Waals surface area contributed by atoms with Gasteiger partial charge in [0, 0.05) is 23.1 Å². The molecule has 0 fully saturated rings. The van der Waals surface area contributed by atoms with Gasteiger partial charge in [0.2, 0.25) is 0 Å². The fourth-order valence-corrected chi connectivity index (χ4v) is 5.19. The molecule has 172 valence electrons. The quantitative estimate of drug-likeness (QED) is 0.413. The number of Topliss-reactive ketones (excluding diaryl/α,β-unsaturated/α-hetero) is 1. The summed E-state index contributed by atoms with van der Waals surface area (Å²) in [5, 5.41) is 0.533. The standard InChI is InChI=1S/C26H23N3O4S/c1-14-5-6-18(9-15(14)2)23-16(3)34-25-24(23)26(32)29(13-27-25)11-20(30)17-7-8-21-19(10-17)28(4)22(31)12-33-21/h5-10,13H,11-12H2,1-4H3. The van der Waals surface area contributed by atoms with Crippen molar-refractivity contribution in [1.29, 1.82) is 0 Å². The zero-order chi connectivity index (χ0) is 24.1. The Kier molecular flexibility index (Phi) is 5.32. The molecule has 2 aromatic heterocycles. The van der Waals surface area contributed by atoms with E-state index in [9.17, 15) is 14.4 Å². The highest BCUT2D eigenvalue weighted by Gasteiger charge is 2.24. The number of benzene rings is 2. The molecule has 0 saturated heterocycles. The highest BCUT2D eigenvalue weighted by molar-refractivity contribution is 7.19. The molecule has 0 bridgehead atoms. The van der Waals surface area contributed by atoms with Gasteiger partial charge in [0.05, 0.1) is 23.9 Å². The monoisotopic (exact) mass is 473 g/mol. The van der Waals surface area contributed by atoms with Crippen molar-refractivity contribution in [1.82, 2.24) is 9.55 Å². The molecule has 34 heavy (non-hydrogen) atoms. The molecule has 0 saturated carbocycles. The first-order valence-corrected chi connectivity index (χ1v) is 11.7. The van der Waals surface area contributed by atoms with Gasteiger partial charge >= 0.3 is 0 Å². The summed E-state index contributed by atoms with van der Waals surface area (Å²) >= 11 is 1.48. The van der Waals surface area contributed by atoms with Crippen LogP contribution in [0, 0.1) is 20.8 Å². The van der Waals surface area contributed by atoms with Gasteiger partial charge in [-0.15, -0.1) is 11.3 Å². The molecule has 8 heteroatoms. The van der Waals surface area contributed by atoms with E-state index >= 15 is 0 Å². The summed E-state index contributed by atoms with van der Waals surface area (Å²) in [6.45, 7) is 5.91. The molecule has 4 aromatic rings. The van der Waals surface area contributed by atoms with Crippen molar-refractivity contribution in [3.05, 3.63) is 74.6 Å². The van der Waals surface area contributed by atoms with Crippen LogP contribution < -0.4 is 15.2 Å². The van der Waals surface area contributed by atoms with Gasteiger partial charge in [-0.1, -0.05) is 18.2 Å². The lowest BCUT2D eigenvalue weighted by Gasteiger charge is -2.26. The van der Waals surface area contributed by atoms with Crippen LogP contribution in [0.25, 0.3) is 21.3 Å². The summed E-state index contributed by atoms with van der Waals surface area (Å²) in [4.78, 5) is 46.2. The number of aryl methyl sites for hydroxylation is 3. The van der Waals surface area contributed by atoms with Crippen molar-refractivity contribution in [2.45, 2.75) is 27.3 Å². The molecule has 0 radical (unpaired) electrons. The smallest absolute Gasteiger partial charge is 0.264 e. The van der Waals surface area contributed by atoms with Crippen LogP contribution in [-0.4, -0.2) is 34.9 Å². The van der Waals surface area contributed by atoms with Crippen LogP contribution >= 0.6 is 11.3 Å². The minimum atomic E-state index is -0.253. The molecule has 0 aliphatic carbocycles. The number of carbonyl (C=O) groups is 2. The number of carbonyl (C=O) groups excluding carboxylic acids is 2. The van der Waals surface area contributed by atoms with E-state index in [4.69, 9.17) is 4.74 Å². The molecule has 1 aliphatic heterocycles. The molecule has 0 N–H and O–H groups in total. The van der Waals surface area contributed by atoms with Crippen LogP contribution in [0.3, 0.4) is 0 Å². The average molecular weight is 474 g/mol. The fourth-order valence-electron chi connectivity index (χ4n) is 4.19. The van der Waals surface area contributed by atoms with Crippen molar-refractivity contribution in [3.63, 3.8) is 0 Å². The zero-order valence-electron chi connectivity index (χ0n) is 19.3. The van der Waals surface area contributed by atoms with E-state index in [1.54, 1.807) is 25.2 Å². The van der Waals surface area contributed by atoms with E-state index < -0.39 is 0 Å². The molecule has 2 aromatic carbocycles. The van der Waals surface area contributed by atoms with Crippen LogP contribution in [-0.2, 0) is 11.3 Å². The summed E-state index contributed by atoms with van der Waals surface area (Å²) in [6.07, 6.45) is 1.43.